The number of carbonyl (C=O) groups is 1. The molecule has 0 aliphatic carbocycles. The first kappa shape index (κ1) is 19.2. The molecule has 124 valence electrons. The predicted octanol–water partition coefficient (Wildman–Crippen LogP) is 2.70. The molecule has 2 aliphatic heterocycles. The Morgan fingerprint density at radius 1 is 1.18 bits per heavy atom. The molecule has 3 unspecified atom stereocenters. The third-order valence-corrected chi connectivity index (χ3v) is 4.75. The van der Waals surface area contributed by atoms with Crippen LogP contribution in [0, 0.1) is 0 Å². The van der Waals surface area contributed by atoms with Gasteiger partial charge in [-0.1, -0.05) is 30.3 Å². The van der Waals surface area contributed by atoms with Crippen LogP contribution in [0.2, 0.25) is 0 Å². The van der Waals surface area contributed by atoms with Crippen LogP contribution in [0.15, 0.2) is 30.3 Å². The van der Waals surface area contributed by atoms with Gasteiger partial charge in [-0.3, -0.25) is 0 Å². The zero-order valence-electron chi connectivity index (χ0n) is 12.7. The molecule has 2 saturated heterocycles. The van der Waals surface area contributed by atoms with Gasteiger partial charge in [0.05, 0.1) is 0 Å². The molecule has 2 fully saturated rings. The van der Waals surface area contributed by atoms with E-state index in [1.165, 1.54) is 12.8 Å². The molecule has 1 aromatic rings. The first-order chi connectivity index (χ1) is 9.65. The fourth-order valence-corrected chi connectivity index (χ4v) is 3.49. The topological polar surface area (TPSA) is 55.6 Å². The number of nitrogens with two attached hydrogens (primary N) is 1. The van der Waals surface area contributed by atoms with Crippen molar-refractivity contribution in [2.24, 2.45) is 5.73 Å². The molecule has 1 aromatic carbocycles. The highest BCUT2D eigenvalue weighted by atomic mass is 35.5. The van der Waals surface area contributed by atoms with Crippen molar-refractivity contribution in [3.05, 3.63) is 35.9 Å². The van der Waals surface area contributed by atoms with Crippen LogP contribution < -0.4 is 5.73 Å². The summed E-state index contributed by atoms with van der Waals surface area (Å²) in [5, 5.41) is 0. The Labute approximate surface area is 144 Å². The minimum atomic E-state index is -0.673. The minimum Gasteiger partial charge on any atom is -0.461 e. The van der Waals surface area contributed by atoms with Crippen molar-refractivity contribution in [3.8, 4) is 0 Å². The lowest BCUT2D eigenvalue weighted by molar-refractivity contribution is -0.154. The van der Waals surface area contributed by atoms with Crippen LogP contribution in [0.25, 0.3) is 0 Å². The lowest BCUT2D eigenvalue weighted by atomic mass is 10.0. The highest BCUT2D eigenvalue weighted by molar-refractivity contribution is 5.85. The van der Waals surface area contributed by atoms with Gasteiger partial charge in [0.1, 0.15) is 12.1 Å². The number of fused-ring (bicyclic) bond motifs is 2. The van der Waals surface area contributed by atoms with E-state index in [1.54, 1.807) is 0 Å². The van der Waals surface area contributed by atoms with E-state index in [4.69, 9.17) is 10.5 Å². The highest BCUT2D eigenvalue weighted by Gasteiger charge is 2.40. The van der Waals surface area contributed by atoms with Crippen LogP contribution in [0.1, 0.15) is 37.3 Å². The van der Waals surface area contributed by atoms with Crippen molar-refractivity contribution in [2.45, 2.75) is 49.9 Å². The van der Waals surface area contributed by atoms with Crippen molar-refractivity contribution >= 4 is 30.8 Å². The van der Waals surface area contributed by atoms with E-state index in [1.807, 2.05) is 30.3 Å². The number of hydrogen-bond donors (Lipinski definition) is 1. The number of esters is 1. The average Bonchev–Trinajstić information content (AvgIpc) is 2.69. The van der Waals surface area contributed by atoms with Crippen molar-refractivity contribution in [2.75, 3.05) is 7.05 Å². The van der Waals surface area contributed by atoms with Gasteiger partial charge in [-0.05, 0) is 38.3 Å². The molecule has 0 spiro atoms. The number of piperidine rings is 1. The number of rotatable bonds is 3. The van der Waals surface area contributed by atoms with Gasteiger partial charge in [0.25, 0.3) is 0 Å². The number of halogens is 2. The fourth-order valence-electron chi connectivity index (χ4n) is 3.49. The molecule has 0 radical (unpaired) electrons. The minimum absolute atomic E-state index is 0. The zero-order chi connectivity index (χ0) is 14.1. The summed E-state index contributed by atoms with van der Waals surface area (Å²) in [4.78, 5) is 14.6. The maximum Gasteiger partial charge on any atom is 0.327 e. The van der Waals surface area contributed by atoms with Crippen LogP contribution in [0.5, 0.6) is 0 Å². The summed E-state index contributed by atoms with van der Waals surface area (Å²) in [5.74, 6) is -0.301. The Morgan fingerprint density at radius 2 is 1.73 bits per heavy atom. The molecule has 0 amide bonds. The van der Waals surface area contributed by atoms with Crippen LogP contribution in [0.3, 0.4) is 0 Å². The highest BCUT2D eigenvalue weighted by Crippen LogP contribution is 2.35. The van der Waals surface area contributed by atoms with Gasteiger partial charge < -0.3 is 15.4 Å². The first-order valence-corrected chi connectivity index (χ1v) is 7.38. The monoisotopic (exact) mass is 346 g/mol. The summed E-state index contributed by atoms with van der Waals surface area (Å²) in [6.45, 7) is 0. The third kappa shape index (κ3) is 3.93. The standard InChI is InChI=1S/C16H22N2O2.2ClH/c1-18-12-7-8-13(18)10-14(9-12)20-16(19)15(17)11-5-3-2-4-6-11;;/h2-6,12-15H,7-10,17H2,1H3;2*1H. The van der Waals surface area contributed by atoms with Crippen molar-refractivity contribution in [3.63, 3.8) is 0 Å². The van der Waals surface area contributed by atoms with Gasteiger partial charge >= 0.3 is 5.97 Å². The lowest BCUT2D eigenvalue weighted by Gasteiger charge is -2.36. The van der Waals surface area contributed by atoms with Crippen molar-refractivity contribution in [1.29, 1.82) is 0 Å². The number of nitrogens with zero attached hydrogens (tertiary/aromatic N) is 1. The molecule has 22 heavy (non-hydrogen) atoms. The molecule has 4 nitrogen and oxygen atoms in total. The second kappa shape index (κ2) is 8.16. The smallest absolute Gasteiger partial charge is 0.327 e. The van der Waals surface area contributed by atoms with Crippen molar-refractivity contribution < 1.29 is 9.53 Å². The SMILES string of the molecule is CN1C2CCC1CC(OC(=O)C(N)c1ccccc1)C2.Cl.Cl. The van der Waals surface area contributed by atoms with Crippen LogP contribution in [0.4, 0.5) is 0 Å². The van der Waals surface area contributed by atoms with E-state index in [-0.39, 0.29) is 36.9 Å². The number of hydrogen-bond acceptors (Lipinski definition) is 4. The van der Waals surface area contributed by atoms with Gasteiger partial charge in [0.15, 0.2) is 0 Å². The molecule has 3 atom stereocenters. The molecular weight excluding hydrogens is 323 g/mol. The van der Waals surface area contributed by atoms with Crippen LogP contribution >= 0.6 is 24.8 Å². The predicted molar refractivity (Wildman–Crippen MR) is 91.6 cm³/mol. The number of carbonyl (C=O) groups excluding carboxylic acids is 1. The summed E-state index contributed by atoms with van der Waals surface area (Å²) < 4.78 is 5.65. The van der Waals surface area contributed by atoms with Crippen LogP contribution in [-0.4, -0.2) is 36.1 Å². The van der Waals surface area contributed by atoms with Crippen LogP contribution in [-0.2, 0) is 9.53 Å². The van der Waals surface area contributed by atoms with E-state index in [2.05, 4.69) is 11.9 Å². The molecule has 2 N–H and O–H groups in total. The zero-order valence-corrected chi connectivity index (χ0v) is 14.3. The molecule has 0 saturated carbocycles. The van der Waals surface area contributed by atoms with E-state index in [0.29, 0.717) is 12.1 Å². The number of benzene rings is 1. The van der Waals surface area contributed by atoms with Gasteiger partial charge in [-0.25, -0.2) is 4.79 Å². The summed E-state index contributed by atoms with van der Waals surface area (Å²) >= 11 is 0. The summed E-state index contributed by atoms with van der Waals surface area (Å²) in [5.41, 5.74) is 6.80. The second-order valence-electron chi connectivity index (χ2n) is 5.97. The van der Waals surface area contributed by atoms with Gasteiger partial charge in [-0.2, -0.15) is 0 Å². The Bertz CT molecular complexity index is 472. The second-order valence-corrected chi connectivity index (χ2v) is 5.97. The Balaban J connectivity index is 0.00000121. The van der Waals surface area contributed by atoms with E-state index >= 15 is 0 Å². The van der Waals surface area contributed by atoms with Gasteiger partial charge in [0.2, 0.25) is 0 Å². The molecule has 0 aromatic heterocycles. The molecule has 2 bridgehead atoms. The Kier molecular flexibility index (Phi) is 7.13. The molecule has 2 heterocycles. The van der Waals surface area contributed by atoms with E-state index in [9.17, 15) is 4.79 Å². The summed E-state index contributed by atoms with van der Waals surface area (Å²) in [6.07, 6.45) is 4.37. The lowest BCUT2D eigenvalue weighted by Crippen LogP contribution is -2.44. The third-order valence-electron chi connectivity index (χ3n) is 4.75. The molecule has 6 heteroatoms. The molecule has 3 rings (SSSR count). The average molecular weight is 347 g/mol. The van der Waals surface area contributed by atoms with Gasteiger partial charge in [0, 0.05) is 12.1 Å². The first-order valence-electron chi connectivity index (χ1n) is 7.38. The Hall–Kier alpha value is -0.810. The summed E-state index contributed by atoms with van der Waals surface area (Å²) in [7, 11) is 2.18. The van der Waals surface area contributed by atoms with Crippen molar-refractivity contribution in [1.82, 2.24) is 4.90 Å². The number of ether oxygens (including phenoxy) is 1. The van der Waals surface area contributed by atoms with E-state index < -0.39 is 6.04 Å². The normalized spacial score (nSPS) is 28.2. The largest absolute Gasteiger partial charge is 0.461 e. The maximum absolute atomic E-state index is 12.2. The summed E-state index contributed by atoms with van der Waals surface area (Å²) in [6, 6.07) is 9.88. The quantitative estimate of drug-likeness (QED) is 0.855. The fraction of sp³-hybridized carbons (Fsp3) is 0.562. The van der Waals surface area contributed by atoms with E-state index in [0.717, 1.165) is 18.4 Å². The molecular formula is C16H24Cl2N2O2. The maximum atomic E-state index is 12.2. The Morgan fingerprint density at radius 3 is 2.27 bits per heavy atom. The molecule has 2 aliphatic rings. The van der Waals surface area contributed by atoms with Gasteiger partial charge in [-0.15, -0.1) is 24.8 Å².